The van der Waals surface area contributed by atoms with E-state index in [1.165, 1.54) is 0 Å². The summed E-state index contributed by atoms with van der Waals surface area (Å²) in [4.78, 5) is 0. The number of hydrogen-bond acceptors (Lipinski definition) is 0. The van der Waals surface area contributed by atoms with E-state index in [1.807, 2.05) is 0 Å². The molecule has 0 saturated carbocycles. The van der Waals surface area contributed by atoms with Crippen molar-refractivity contribution in [2.45, 2.75) is 13.1 Å². The smallest absolute Gasteiger partial charge is 0.0135 e. The van der Waals surface area contributed by atoms with E-state index < -0.39 is 0 Å². The minimum Gasteiger partial charge on any atom is -0.0750 e. The van der Waals surface area contributed by atoms with Gasteiger partial charge in [0.15, 0.2) is 0 Å². The molecule has 0 atom stereocenters. The van der Waals surface area contributed by atoms with Crippen LogP contribution in [-0.2, 0) is 0 Å². The molecule has 0 aromatic heterocycles. The maximum absolute atomic E-state index is 2.26. The molecule has 0 aliphatic rings. The van der Waals surface area contributed by atoms with Crippen LogP contribution in [0.4, 0.5) is 0 Å². The molecule has 0 aliphatic carbocycles. The third-order valence-electron chi connectivity index (χ3n) is 0. The van der Waals surface area contributed by atoms with Gasteiger partial charge in [-0.05, 0) is 0 Å². The van der Waals surface area contributed by atoms with Crippen molar-refractivity contribution in [2.75, 3.05) is 0 Å². The molecule has 0 amide bonds. The predicted molar refractivity (Wildman–Crippen MR) is 26.0 cm³/mol. The molecular weight excluding hydrogens is 62.9 g/mol. The summed E-state index contributed by atoms with van der Waals surface area (Å²) in [6.07, 6.45) is 0. The van der Waals surface area contributed by atoms with Crippen LogP contribution in [0.3, 0.4) is 0 Å². The van der Waals surface area contributed by atoms with E-state index in [0.717, 1.165) is 0 Å². The molecule has 0 bridgehead atoms. The van der Waals surface area contributed by atoms with Gasteiger partial charge in [0.05, 0.1) is 0 Å². The van der Waals surface area contributed by atoms with Crippen LogP contribution in [0.2, 0.25) is 13.1 Å². The van der Waals surface area contributed by atoms with E-state index in [-0.39, 0.29) is 8.41 Å². The molecule has 0 aromatic carbocycles. The molecule has 0 rings (SSSR count). The van der Waals surface area contributed by atoms with Gasteiger partial charge in [-0.25, -0.2) is 0 Å². The summed E-state index contributed by atoms with van der Waals surface area (Å²) in [5.74, 6) is 0. The molecule has 0 unspecified atom stereocenters. The summed E-state index contributed by atoms with van der Waals surface area (Å²) in [6.45, 7) is 4.53. The predicted octanol–water partition coefficient (Wildman–Crippen LogP) is -0.129. The van der Waals surface area contributed by atoms with E-state index >= 15 is 0 Å². The van der Waals surface area contributed by atoms with Gasteiger partial charge in [0.2, 0.25) is 0 Å². The van der Waals surface area contributed by atoms with Crippen LogP contribution in [0.1, 0.15) is 0 Å². The molecule has 0 aromatic rings. The van der Waals surface area contributed by atoms with Gasteiger partial charge in [0.1, 0.15) is 0 Å². The average molecular weight is 71.0 g/mol. The van der Waals surface area contributed by atoms with Crippen molar-refractivity contribution in [3.63, 3.8) is 0 Å². The summed E-state index contributed by atoms with van der Waals surface area (Å²) >= 11 is 0. The fraction of sp³-hybridized carbons (Fsp3) is 1.00. The van der Waals surface area contributed by atoms with Gasteiger partial charge < -0.3 is 0 Å². The molecule has 0 spiro atoms. The van der Waals surface area contributed by atoms with Crippen LogP contribution in [0.15, 0.2) is 0 Å². The maximum Gasteiger partial charge on any atom is 0.0135 e. The van der Waals surface area contributed by atoms with Crippen LogP contribution in [0.5, 0.6) is 0 Å². The van der Waals surface area contributed by atoms with Crippen molar-refractivity contribution < 1.29 is 0 Å². The second-order valence-corrected chi connectivity index (χ2v) is 2.12. The quantitative estimate of drug-likeness (QED) is 0.349. The first-order valence-corrected chi connectivity index (χ1v) is 4.24. The van der Waals surface area contributed by atoms with Gasteiger partial charge >= 0.3 is 0 Å². The lowest BCUT2D eigenvalue weighted by molar-refractivity contribution is 2.14. The zero-order chi connectivity index (χ0) is 2.71. The molecule has 3 radical (unpaired) electrons. The monoisotopic (exact) mass is 71.0 g/mol. The summed E-state index contributed by atoms with van der Waals surface area (Å²) in [5.41, 5.74) is 0. The Kier molecular flexibility index (Phi) is 23.0. The van der Waals surface area contributed by atoms with Crippen molar-refractivity contribution in [3.05, 3.63) is 0 Å². The molecule has 4 heavy (non-hydrogen) atoms. The summed E-state index contributed by atoms with van der Waals surface area (Å²) < 4.78 is 0. The Bertz CT molecular complexity index is 6.00. The second-order valence-electron chi connectivity index (χ2n) is 0.707. The minimum atomic E-state index is 0. The summed E-state index contributed by atoms with van der Waals surface area (Å²) in [6, 6.07) is 0. The van der Waals surface area contributed by atoms with Crippen molar-refractivity contribution >= 4 is 17.9 Å². The minimum absolute atomic E-state index is 0. The number of hydrogen-bond donors (Lipinski definition) is 0. The van der Waals surface area contributed by atoms with E-state index in [4.69, 9.17) is 0 Å². The van der Waals surface area contributed by atoms with Crippen LogP contribution < -0.4 is 0 Å². The normalized spacial score (nSPS) is 4.50. The SMILES string of the molecule is C[SiH2]C.[B]. The van der Waals surface area contributed by atoms with Crippen LogP contribution in [-0.4, -0.2) is 17.9 Å². The first kappa shape index (κ1) is 8.86. The fourth-order valence-corrected chi connectivity index (χ4v) is 0. The third-order valence-corrected chi connectivity index (χ3v) is 0. The summed E-state index contributed by atoms with van der Waals surface area (Å²) in [7, 11) is 0.417. The highest BCUT2D eigenvalue weighted by Gasteiger charge is 1.38. The highest BCUT2D eigenvalue weighted by atomic mass is 28.2. The Morgan fingerprint density at radius 3 is 1.25 bits per heavy atom. The van der Waals surface area contributed by atoms with Gasteiger partial charge in [-0.3, -0.25) is 0 Å². The van der Waals surface area contributed by atoms with Crippen LogP contribution in [0.25, 0.3) is 0 Å². The summed E-state index contributed by atoms with van der Waals surface area (Å²) in [5, 5.41) is 0. The van der Waals surface area contributed by atoms with Gasteiger partial charge in [-0.15, -0.1) is 0 Å². The van der Waals surface area contributed by atoms with Gasteiger partial charge in [-0.1, -0.05) is 13.1 Å². The first-order valence-electron chi connectivity index (χ1n) is 1.41. The Morgan fingerprint density at radius 2 is 1.25 bits per heavy atom. The third kappa shape index (κ3) is 47.2. The maximum atomic E-state index is 2.26. The Labute approximate surface area is 32.0 Å². The van der Waals surface area contributed by atoms with Crippen LogP contribution in [0, 0.1) is 0 Å². The first-order chi connectivity index (χ1) is 1.41. The van der Waals surface area contributed by atoms with Crippen molar-refractivity contribution in [1.29, 1.82) is 0 Å². The van der Waals surface area contributed by atoms with Crippen molar-refractivity contribution in [1.82, 2.24) is 0 Å². The second kappa shape index (κ2) is 10.4. The fourth-order valence-electron chi connectivity index (χ4n) is 0. The number of rotatable bonds is 0. The van der Waals surface area contributed by atoms with Crippen molar-refractivity contribution in [3.8, 4) is 0 Å². The highest BCUT2D eigenvalue weighted by molar-refractivity contribution is 6.31. The molecular formula is C2H8BSi. The molecule has 0 aliphatic heterocycles. The van der Waals surface area contributed by atoms with Gasteiger partial charge in [0, 0.05) is 17.9 Å². The molecule has 2 heteroatoms. The standard InChI is InChI=1S/C2H8Si.B/c1-3-2;/h3H2,1-2H3;. The van der Waals surface area contributed by atoms with E-state index in [0.29, 0.717) is 9.52 Å². The molecule has 0 fully saturated rings. The van der Waals surface area contributed by atoms with Crippen LogP contribution >= 0.6 is 0 Å². The molecule has 0 N–H and O–H groups in total. The zero-order valence-corrected chi connectivity index (χ0v) is 4.70. The molecule has 0 heterocycles. The highest BCUT2D eigenvalue weighted by Crippen LogP contribution is 1.36. The van der Waals surface area contributed by atoms with E-state index in [2.05, 4.69) is 13.1 Å². The van der Waals surface area contributed by atoms with Crippen molar-refractivity contribution in [2.24, 2.45) is 0 Å². The Balaban J connectivity index is 0. The molecule has 0 nitrogen and oxygen atoms in total. The van der Waals surface area contributed by atoms with E-state index in [9.17, 15) is 0 Å². The van der Waals surface area contributed by atoms with E-state index in [1.54, 1.807) is 0 Å². The van der Waals surface area contributed by atoms with Gasteiger partial charge in [0.25, 0.3) is 0 Å². The molecule has 0 saturated heterocycles. The molecule has 23 valence electrons. The lowest BCUT2D eigenvalue weighted by Gasteiger charge is -1.45. The zero-order valence-electron chi connectivity index (χ0n) is 3.28. The Hall–Kier alpha value is 0.282. The lowest BCUT2D eigenvalue weighted by Crippen LogP contribution is -1.53. The van der Waals surface area contributed by atoms with Gasteiger partial charge in [-0.2, -0.15) is 0 Å². The Morgan fingerprint density at radius 1 is 1.25 bits per heavy atom. The largest absolute Gasteiger partial charge is 0.0750 e. The lowest BCUT2D eigenvalue weighted by atomic mass is 10.8. The average Bonchev–Trinajstić information content (AvgIpc) is 0.918. The topological polar surface area (TPSA) is 0 Å².